The van der Waals surface area contributed by atoms with Gasteiger partial charge in [0, 0.05) is 0 Å². The second-order valence-corrected chi connectivity index (χ2v) is 4.14. The van der Waals surface area contributed by atoms with Crippen molar-refractivity contribution >= 4 is 0 Å². The number of rotatable bonds is 3. The molecule has 3 rings (SSSR count). The quantitative estimate of drug-likeness (QED) is 0.800. The van der Waals surface area contributed by atoms with Crippen molar-refractivity contribution in [2.75, 3.05) is 6.79 Å². The van der Waals surface area contributed by atoms with Crippen LogP contribution in [0.1, 0.15) is 11.1 Å². The van der Waals surface area contributed by atoms with E-state index in [0.717, 1.165) is 24.3 Å². The summed E-state index contributed by atoms with van der Waals surface area (Å²) in [6.45, 7) is 0.345. The maximum Gasteiger partial charge on any atom is 0.231 e. The molecular weight excluding hydrogens is 212 g/mol. The maximum absolute atomic E-state index is 5.50. The molecule has 0 bridgehead atoms. The average molecular weight is 226 g/mol. The lowest BCUT2D eigenvalue weighted by Crippen LogP contribution is -1.96. The summed E-state index contributed by atoms with van der Waals surface area (Å²) in [5.74, 6) is 1.79. The Bertz CT molecular complexity index is 506. The first-order valence-electron chi connectivity index (χ1n) is 5.85. The van der Waals surface area contributed by atoms with Gasteiger partial charge in [0.25, 0.3) is 0 Å². The number of ether oxygens (including phenoxy) is 2. The lowest BCUT2D eigenvalue weighted by atomic mass is 10.0. The van der Waals surface area contributed by atoms with Gasteiger partial charge in [-0.1, -0.05) is 42.5 Å². The van der Waals surface area contributed by atoms with E-state index in [4.69, 9.17) is 9.47 Å². The zero-order valence-corrected chi connectivity index (χ0v) is 9.56. The molecule has 0 spiro atoms. The third kappa shape index (κ3) is 2.11. The highest BCUT2D eigenvalue weighted by Gasteiger charge is 2.16. The molecule has 0 radical (unpaired) electrons. The van der Waals surface area contributed by atoms with Gasteiger partial charge < -0.3 is 9.47 Å². The van der Waals surface area contributed by atoms with Gasteiger partial charge in [-0.2, -0.15) is 0 Å². The molecule has 0 amide bonds. The van der Waals surface area contributed by atoms with Gasteiger partial charge in [0.15, 0.2) is 11.5 Å². The molecule has 0 fully saturated rings. The summed E-state index contributed by atoms with van der Waals surface area (Å²) in [5.41, 5.74) is 2.58. The summed E-state index contributed by atoms with van der Waals surface area (Å²) in [6.07, 6.45) is 2.01. The Morgan fingerprint density at radius 3 is 2.59 bits per heavy atom. The van der Waals surface area contributed by atoms with Crippen LogP contribution >= 0.6 is 0 Å². The second kappa shape index (κ2) is 4.50. The van der Waals surface area contributed by atoms with Gasteiger partial charge in [-0.3, -0.25) is 0 Å². The summed E-state index contributed by atoms with van der Waals surface area (Å²) in [4.78, 5) is 0. The van der Waals surface area contributed by atoms with Crippen LogP contribution in [0.25, 0.3) is 0 Å². The van der Waals surface area contributed by atoms with E-state index in [0.29, 0.717) is 6.79 Å². The molecule has 86 valence electrons. The molecular formula is C15H14O2. The van der Waals surface area contributed by atoms with Crippen LogP contribution in [0.4, 0.5) is 0 Å². The molecule has 1 heterocycles. The fourth-order valence-electron chi connectivity index (χ4n) is 2.11. The number of fused-ring (bicyclic) bond motifs is 1. The summed E-state index contributed by atoms with van der Waals surface area (Å²) in [6, 6.07) is 16.6. The Morgan fingerprint density at radius 1 is 0.824 bits per heavy atom. The Morgan fingerprint density at radius 2 is 1.71 bits per heavy atom. The van der Waals surface area contributed by atoms with E-state index < -0.39 is 0 Å². The van der Waals surface area contributed by atoms with Gasteiger partial charge in [-0.15, -0.1) is 0 Å². The normalized spacial score (nSPS) is 12.7. The fraction of sp³-hybridized carbons (Fsp3) is 0.200. The van der Waals surface area contributed by atoms with Gasteiger partial charge >= 0.3 is 0 Å². The topological polar surface area (TPSA) is 18.5 Å². The molecule has 0 saturated carbocycles. The minimum atomic E-state index is 0.345. The molecule has 1 aliphatic rings. The molecule has 2 aromatic rings. The first-order valence-corrected chi connectivity index (χ1v) is 5.85. The molecule has 1 aliphatic heterocycles. The van der Waals surface area contributed by atoms with Gasteiger partial charge in [-0.05, 0) is 30.0 Å². The van der Waals surface area contributed by atoms with E-state index >= 15 is 0 Å². The maximum atomic E-state index is 5.50. The van der Waals surface area contributed by atoms with Crippen LogP contribution in [0.15, 0.2) is 48.5 Å². The summed E-state index contributed by atoms with van der Waals surface area (Å²) in [7, 11) is 0. The van der Waals surface area contributed by atoms with Gasteiger partial charge in [0.1, 0.15) is 0 Å². The highest BCUT2D eigenvalue weighted by atomic mass is 16.7. The predicted molar refractivity (Wildman–Crippen MR) is 66.4 cm³/mol. The molecule has 0 N–H and O–H groups in total. The lowest BCUT2D eigenvalue weighted by Gasteiger charge is -2.05. The molecule has 2 nitrogen and oxygen atoms in total. The average Bonchev–Trinajstić information content (AvgIpc) is 2.86. The summed E-state index contributed by atoms with van der Waals surface area (Å²) in [5, 5.41) is 0. The standard InChI is InChI=1S/C15H14O2/c1-2-5-12(6-3-1)9-10-13-7-4-8-14-15(13)17-11-16-14/h1-8H,9-11H2. The number of benzene rings is 2. The van der Waals surface area contributed by atoms with Crippen molar-refractivity contribution in [3.8, 4) is 11.5 Å². The molecule has 0 atom stereocenters. The van der Waals surface area contributed by atoms with E-state index in [1.54, 1.807) is 0 Å². The highest BCUT2D eigenvalue weighted by Crippen LogP contribution is 2.35. The minimum absolute atomic E-state index is 0.345. The third-order valence-corrected chi connectivity index (χ3v) is 3.00. The molecule has 17 heavy (non-hydrogen) atoms. The van der Waals surface area contributed by atoms with Crippen molar-refractivity contribution in [1.29, 1.82) is 0 Å². The Kier molecular flexibility index (Phi) is 2.70. The smallest absolute Gasteiger partial charge is 0.231 e. The molecule has 2 heteroatoms. The van der Waals surface area contributed by atoms with Crippen molar-refractivity contribution in [1.82, 2.24) is 0 Å². The van der Waals surface area contributed by atoms with E-state index in [9.17, 15) is 0 Å². The van der Waals surface area contributed by atoms with E-state index in [-0.39, 0.29) is 0 Å². The van der Waals surface area contributed by atoms with E-state index in [1.807, 2.05) is 18.2 Å². The van der Waals surface area contributed by atoms with Gasteiger partial charge in [-0.25, -0.2) is 0 Å². The number of hydrogen-bond donors (Lipinski definition) is 0. The Hall–Kier alpha value is -1.96. The third-order valence-electron chi connectivity index (χ3n) is 3.00. The SMILES string of the molecule is c1ccc(CCc2cccc3c2OCO3)cc1. The van der Waals surface area contributed by atoms with Crippen LogP contribution in [0, 0.1) is 0 Å². The summed E-state index contributed by atoms with van der Waals surface area (Å²) >= 11 is 0. The van der Waals surface area contributed by atoms with Crippen molar-refractivity contribution in [2.24, 2.45) is 0 Å². The number of aryl methyl sites for hydroxylation is 2. The van der Waals surface area contributed by atoms with Crippen molar-refractivity contribution in [3.63, 3.8) is 0 Å². The number of para-hydroxylation sites is 1. The Labute approximate surface area is 101 Å². The molecule has 0 aromatic heterocycles. The minimum Gasteiger partial charge on any atom is -0.454 e. The molecule has 0 unspecified atom stereocenters. The monoisotopic (exact) mass is 226 g/mol. The zero-order valence-electron chi connectivity index (χ0n) is 9.56. The lowest BCUT2D eigenvalue weighted by molar-refractivity contribution is 0.173. The van der Waals surface area contributed by atoms with Crippen LogP contribution in [0.2, 0.25) is 0 Å². The van der Waals surface area contributed by atoms with Crippen molar-refractivity contribution in [2.45, 2.75) is 12.8 Å². The molecule has 2 aromatic carbocycles. The van der Waals surface area contributed by atoms with Crippen LogP contribution in [-0.2, 0) is 12.8 Å². The highest BCUT2D eigenvalue weighted by molar-refractivity contribution is 5.48. The fourth-order valence-corrected chi connectivity index (χ4v) is 2.11. The van der Waals surface area contributed by atoms with Crippen molar-refractivity contribution < 1.29 is 9.47 Å². The van der Waals surface area contributed by atoms with E-state index in [1.165, 1.54) is 11.1 Å². The largest absolute Gasteiger partial charge is 0.454 e. The van der Waals surface area contributed by atoms with Crippen molar-refractivity contribution in [3.05, 3.63) is 59.7 Å². The van der Waals surface area contributed by atoms with Gasteiger partial charge in [0.05, 0.1) is 0 Å². The van der Waals surface area contributed by atoms with Crippen LogP contribution in [0.3, 0.4) is 0 Å². The number of hydrogen-bond acceptors (Lipinski definition) is 2. The first kappa shape index (κ1) is 10.2. The van der Waals surface area contributed by atoms with Crippen LogP contribution < -0.4 is 9.47 Å². The first-order chi connectivity index (χ1) is 8.43. The van der Waals surface area contributed by atoms with E-state index in [2.05, 4.69) is 30.3 Å². The van der Waals surface area contributed by atoms with Crippen LogP contribution in [-0.4, -0.2) is 6.79 Å². The molecule has 0 aliphatic carbocycles. The Balaban J connectivity index is 1.76. The zero-order chi connectivity index (χ0) is 11.5. The molecule has 0 saturated heterocycles. The predicted octanol–water partition coefficient (Wildman–Crippen LogP) is 3.20. The van der Waals surface area contributed by atoms with Gasteiger partial charge in [0.2, 0.25) is 6.79 Å². The summed E-state index contributed by atoms with van der Waals surface area (Å²) < 4.78 is 10.9. The second-order valence-electron chi connectivity index (χ2n) is 4.14. The van der Waals surface area contributed by atoms with Crippen LogP contribution in [0.5, 0.6) is 11.5 Å².